The van der Waals surface area contributed by atoms with Crippen molar-refractivity contribution < 1.29 is 13.9 Å². The molecular weight excluding hydrogens is 272 g/mol. The fourth-order valence-corrected chi connectivity index (χ4v) is 2.33. The standard InChI is InChI=1S/C17H19F2NO/c18-16-8-4-7-15(17(16)19)12-20-11-14(9-10-21)13-5-2-1-3-6-13/h1-8,14,20-21H,9-12H2. The van der Waals surface area contributed by atoms with Gasteiger partial charge < -0.3 is 10.4 Å². The number of hydrogen-bond donors (Lipinski definition) is 2. The SMILES string of the molecule is OCCC(CNCc1cccc(F)c1F)c1ccccc1. The topological polar surface area (TPSA) is 32.3 Å². The third-order valence-corrected chi connectivity index (χ3v) is 3.49. The number of aliphatic hydroxyl groups excluding tert-OH is 1. The number of aliphatic hydroxyl groups is 1. The quantitative estimate of drug-likeness (QED) is 0.821. The van der Waals surface area contributed by atoms with Crippen molar-refractivity contribution in [2.75, 3.05) is 13.2 Å². The van der Waals surface area contributed by atoms with Gasteiger partial charge in [-0.1, -0.05) is 42.5 Å². The van der Waals surface area contributed by atoms with Crippen molar-refractivity contribution in [3.05, 3.63) is 71.3 Å². The zero-order chi connectivity index (χ0) is 15.1. The largest absolute Gasteiger partial charge is 0.396 e. The Morgan fingerprint density at radius 2 is 1.76 bits per heavy atom. The van der Waals surface area contributed by atoms with E-state index in [1.165, 1.54) is 6.07 Å². The van der Waals surface area contributed by atoms with E-state index in [0.717, 1.165) is 11.6 Å². The van der Waals surface area contributed by atoms with Crippen LogP contribution in [0.3, 0.4) is 0 Å². The Kier molecular flexibility index (Phi) is 5.84. The highest BCUT2D eigenvalue weighted by molar-refractivity contribution is 5.21. The van der Waals surface area contributed by atoms with Gasteiger partial charge in [0, 0.05) is 25.3 Å². The molecule has 112 valence electrons. The van der Waals surface area contributed by atoms with Crippen LogP contribution in [-0.4, -0.2) is 18.3 Å². The summed E-state index contributed by atoms with van der Waals surface area (Å²) in [6.07, 6.45) is 0.628. The van der Waals surface area contributed by atoms with Crippen LogP contribution < -0.4 is 5.32 Å². The summed E-state index contributed by atoms with van der Waals surface area (Å²) in [6, 6.07) is 14.0. The molecule has 4 heteroatoms. The number of halogens is 2. The van der Waals surface area contributed by atoms with Crippen molar-refractivity contribution in [2.24, 2.45) is 0 Å². The van der Waals surface area contributed by atoms with Gasteiger partial charge in [0.05, 0.1) is 0 Å². The molecule has 0 heterocycles. The minimum atomic E-state index is -0.829. The Balaban J connectivity index is 1.95. The molecule has 1 unspecified atom stereocenters. The molecule has 2 aromatic carbocycles. The zero-order valence-electron chi connectivity index (χ0n) is 11.7. The smallest absolute Gasteiger partial charge is 0.163 e. The minimum Gasteiger partial charge on any atom is -0.396 e. The molecule has 0 fully saturated rings. The van der Waals surface area contributed by atoms with Gasteiger partial charge in [-0.3, -0.25) is 0 Å². The molecule has 1 atom stereocenters. The van der Waals surface area contributed by atoms with Gasteiger partial charge in [-0.25, -0.2) is 8.78 Å². The van der Waals surface area contributed by atoms with Crippen molar-refractivity contribution in [3.8, 4) is 0 Å². The highest BCUT2D eigenvalue weighted by atomic mass is 19.2. The fraction of sp³-hybridized carbons (Fsp3) is 0.294. The summed E-state index contributed by atoms with van der Waals surface area (Å²) in [5.74, 6) is -1.49. The van der Waals surface area contributed by atoms with Crippen LogP contribution in [0, 0.1) is 11.6 Å². The van der Waals surface area contributed by atoms with Crippen LogP contribution in [0.2, 0.25) is 0 Å². The van der Waals surface area contributed by atoms with Crippen LogP contribution in [0.15, 0.2) is 48.5 Å². The summed E-state index contributed by atoms with van der Waals surface area (Å²) in [7, 11) is 0. The lowest BCUT2D eigenvalue weighted by Crippen LogP contribution is -2.22. The Hall–Kier alpha value is -1.78. The molecule has 2 rings (SSSR count). The van der Waals surface area contributed by atoms with Crippen LogP contribution in [0.4, 0.5) is 8.78 Å². The molecule has 21 heavy (non-hydrogen) atoms. The van der Waals surface area contributed by atoms with E-state index in [2.05, 4.69) is 5.32 Å². The summed E-state index contributed by atoms with van der Waals surface area (Å²) in [4.78, 5) is 0. The van der Waals surface area contributed by atoms with Crippen LogP contribution >= 0.6 is 0 Å². The van der Waals surface area contributed by atoms with Gasteiger partial charge in [0.25, 0.3) is 0 Å². The van der Waals surface area contributed by atoms with E-state index in [-0.39, 0.29) is 19.1 Å². The van der Waals surface area contributed by atoms with Gasteiger partial charge >= 0.3 is 0 Å². The second-order valence-corrected chi connectivity index (χ2v) is 4.96. The van der Waals surface area contributed by atoms with E-state index < -0.39 is 11.6 Å². The first-order chi connectivity index (χ1) is 10.2. The molecule has 0 aliphatic rings. The third-order valence-electron chi connectivity index (χ3n) is 3.49. The maximum atomic E-state index is 13.5. The molecule has 2 nitrogen and oxygen atoms in total. The lowest BCUT2D eigenvalue weighted by atomic mass is 9.96. The van der Waals surface area contributed by atoms with Gasteiger partial charge in [0.15, 0.2) is 11.6 Å². The normalized spacial score (nSPS) is 12.3. The van der Waals surface area contributed by atoms with Crippen molar-refractivity contribution in [1.29, 1.82) is 0 Å². The molecule has 0 spiro atoms. The summed E-state index contributed by atoms with van der Waals surface area (Å²) in [6.45, 7) is 0.953. The first kappa shape index (κ1) is 15.6. The number of rotatable bonds is 7. The Morgan fingerprint density at radius 1 is 1.00 bits per heavy atom. The molecular formula is C17H19F2NO. The third kappa shape index (κ3) is 4.34. The van der Waals surface area contributed by atoms with Crippen molar-refractivity contribution in [1.82, 2.24) is 5.32 Å². The van der Waals surface area contributed by atoms with Crippen molar-refractivity contribution in [3.63, 3.8) is 0 Å². The molecule has 0 aliphatic carbocycles. The molecule has 0 saturated carbocycles. The van der Waals surface area contributed by atoms with Crippen LogP contribution in [0.1, 0.15) is 23.5 Å². The van der Waals surface area contributed by atoms with E-state index >= 15 is 0 Å². The maximum absolute atomic E-state index is 13.5. The van der Waals surface area contributed by atoms with Gasteiger partial charge in [-0.2, -0.15) is 0 Å². The predicted molar refractivity (Wildman–Crippen MR) is 79.0 cm³/mol. The van der Waals surface area contributed by atoms with Crippen LogP contribution in [-0.2, 0) is 6.54 Å². The van der Waals surface area contributed by atoms with E-state index in [9.17, 15) is 8.78 Å². The van der Waals surface area contributed by atoms with E-state index in [1.54, 1.807) is 6.07 Å². The molecule has 0 amide bonds. The highest BCUT2D eigenvalue weighted by Gasteiger charge is 2.12. The molecule has 0 radical (unpaired) electrons. The average molecular weight is 291 g/mol. The maximum Gasteiger partial charge on any atom is 0.163 e. The molecule has 2 aromatic rings. The molecule has 0 bridgehead atoms. The van der Waals surface area contributed by atoms with Gasteiger partial charge in [0.1, 0.15) is 0 Å². The van der Waals surface area contributed by atoms with Gasteiger partial charge in [-0.05, 0) is 24.0 Å². The first-order valence-corrected chi connectivity index (χ1v) is 7.01. The second kappa shape index (κ2) is 7.86. The van der Waals surface area contributed by atoms with Crippen molar-refractivity contribution >= 4 is 0 Å². The van der Waals surface area contributed by atoms with Crippen LogP contribution in [0.25, 0.3) is 0 Å². The minimum absolute atomic E-state index is 0.0928. The van der Waals surface area contributed by atoms with Gasteiger partial charge in [0.2, 0.25) is 0 Å². The predicted octanol–water partition coefficient (Wildman–Crippen LogP) is 3.22. The lowest BCUT2D eigenvalue weighted by molar-refractivity contribution is 0.273. The number of benzene rings is 2. The fourth-order valence-electron chi connectivity index (χ4n) is 2.33. The van der Waals surface area contributed by atoms with Crippen molar-refractivity contribution in [2.45, 2.75) is 18.9 Å². The summed E-state index contributed by atoms with van der Waals surface area (Å²) in [5, 5.41) is 12.3. The number of nitrogens with one attached hydrogen (secondary N) is 1. The summed E-state index contributed by atoms with van der Waals surface area (Å²) < 4.78 is 26.7. The first-order valence-electron chi connectivity index (χ1n) is 7.01. The molecule has 0 aromatic heterocycles. The van der Waals surface area contributed by atoms with E-state index in [1.807, 2.05) is 30.3 Å². The summed E-state index contributed by atoms with van der Waals surface area (Å²) in [5.41, 5.74) is 1.43. The lowest BCUT2D eigenvalue weighted by Gasteiger charge is -2.17. The van der Waals surface area contributed by atoms with E-state index in [4.69, 9.17) is 5.11 Å². The zero-order valence-corrected chi connectivity index (χ0v) is 11.7. The monoisotopic (exact) mass is 291 g/mol. The molecule has 2 N–H and O–H groups in total. The van der Waals surface area contributed by atoms with Gasteiger partial charge in [-0.15, -0.1) is 0 Å². The average Bonchev–Trinajstić information content (AvgIpc) is 2.51. The molecule has 0 aliphatic heterocycles. The second-order valence-electron chi connectivity index (χ2n) is 4.96. The van der Waals surface area contributed by atoms with E-state index in [0.29, 0.717) is 18.5 Å². The molecule has 0 saturated heterocycles. The summed E-state index contributed by atoms with van der Waals surface area (Å²) >= 11 is 0. The van der Waals surface area contributed by atoms with Crippen LogP contribution in [0.5, 0.6) is 0 Å². The highest BCUT2D eigenvalue weighted by Crippen LogP contribution is 2.18. The Bertz CT molecular complexity index is 560. The Morgan fingerprint density at radius 3 is 2.48 bits per heavy atom. The Labute approximate surface area is 123 Å². The number of hydrogen-bond acceptors (Lipinski definition) is 2.